The number of hydrogen-bond donors (Lipinski definition) is 1. The Kier molecular flexibility index (Phi) is 6.33. The van der Waals surface area contributed by atoms with E-state index in [0.717, 1.165) is 25.7 Å². The van der Waals surface area contributed by atoms with Crippen molar-refractivity contribution in [2.45, 2.75) is 44.4 Å². The SMILES string of the molecule is CCCCC(CC)CS(=O)c1ccc(F)cc1N. The summed E-state index contributed by atoms with van der Waals surface area (Å²) in [5.74, 6) is 0.688. The van der Waals surface area contributed by atoms with Crippen LogP contribution in [0, 0.1) is 11.7 Å². The maximum Gasteiger partial charge on any atom is 0.125 e. The lowest BCUT2D eigenvalue weighted by molar-refractivity contribution is 0.494. The average molecular weight is 271 g/mol. The van der Waals surface area contributed by atoms with Gasteiger partial charge in [-0.15, -0.1) is 0 Å². The molecule has 102 valence electrons. The smallest absolute Gasteiger partial charge is 0.125 e. The molecule has 0 aliphatic carbocycles. The molecule has 2 atom stereocenters. The van der Waals surface area contributed by atoms with Crippen LogP contribution in [-0.4, -0.2) is 9.96 Å². The molecule has 1 aromatic rings. The van der Waals surface area contributed by atoms with Gasteiger partial charge in [-0.3, -0.25) is 4.21 Å². The van der Waals surface area contributed by atoms with Gasteiger partial charge >= 0.3 is 0 Å². The van der Waals surface area contributed by atoms with Crippen LogP contribution >= 0.6 is 0 Å². The highest BCUT2D eigenvalue weighted by molar-refractivity contribution is 7.85. The van der Waals surface area contributed by atoms with Crippen molar-refractivity contribution in [1.82, 2.24) is 0 Å². The molecule has 1 aromatic carbocycles. The van der Waals surface area contributed by atoms with Crippen LogP contribution in [0.2, 0.25) is 0 Å². The van der Waals surface area contributed by atoms with Gasteiger partial charge in [0.2, 0.25) is 0 Å². The van der Waals surface area contributed by atoms with Crippen molar-refractivity contribution in [3.05, 3.63) is 24.0 Å². The molecule has 4 heteroatoms. The van der Waals surface area contributed by atoms with Crippen LogP contribution < -0.4 is 5.73 Å². The van der Waals surface area contributed by atoms with E-state index in [1.807, 2.05) is 0 Å². The lowest BCUT2D eigenvalue weighted by atomic mass is 10.0. The van der Waals surface area contributed by atoms with Gasteiger partial charge in [-0.1, -0.05) is 33.1 Å². The standard InChI is InChI=1S/C14H22FNOS/c1-3-5-6-11(4-2)10-18(17)14-8-7-12(15)9-13(14)16/h7-9,11H,3-6,10,16H2,1-2H3. The first-order chi connectivity index (χ1) is 8.58. The zero-order valence-corrected chi connectivity index (χ0v) is 11.9. The Morgan fingerprint density at radius 2 is 2.11 bits per heavy atom. The number of benzene rings is 1. The van der Waals surface area contributed by atoms with E-state index in [1.54, 1.807) is 0 Å². The molecule has 0 aliphatic rings. The highest BCUT2D eigenvalue weighted by Gasteiger charge is 2.14. The number of rotatable bonds is 7. The van der Waals surface area contributed by atoms with Crippen molar-refractivity contribution in [2.24, 2.45) is 5.92 Å². The number of unbranched alkanes of at least 4 members (excludes halogenated alkanes) is 1. The highest BCUT2D eigenvalue weighted by atomic mass is 32.2. The predicted molar refractivity (Wildman–Crippen MR) is 75.4 cm³/mol. The van der Waals surface area contributed by atoms with Crippen LogP contribution in [0.15, 0.2) is 23.1 Å². The third kappa shape index (κ3) is 4.41. The van der Waals surface area contributed by atoms with E-state index < -0.39 is 10.8 Å². The van der Waals surface area contributed by atoms with E-state index in [4.69, 9.17) is 5.73 Å². The van der Waals surface area contributed by atoms with Gasteiger partial charge in [-0.05, 0) is 30.5 Å². The molecule has 0 heterocycles. The first-order valence-electron chi connectivity index (χ1n) is 6.51. The minimum Gasteiger partial charge on any atom is -0.398 e. The third-order valence-corrected chi connectivity index (χ3v) is 4.78. The van der Waals surface area contributed by atoms with Gasteiger partial charge < -0.3 is 5.73 Å². The predicted octanol–water partition coefficient (Wildman–Crippen LogP) is 3.73. The molecule has 0 amide bonds. The van der Waals surface area contributed by atoms with Gasteiger partial charge in [0.1, 0.15) is 5.82 Å². The van der Waals surface area contributed by atoms with E-state index in [-0.39, 0.29) is 5.82 Å². The van der Waals surface area contributed by atoms with Crippen LogP contribution in [0.3, 0.4) is 0 Å². The molecule has 0 aliphatic heterocycles. The van der Waals surface area contributed by atoms with Crippen molar-refractivity contribution in [1.29, 1.82) is 0 Å². The lowest BCUT2D eigenvalue weighted by Crippen LogP contribution is -2.12. The van der Waals surface area contributed by atoms with Crippen molar-refractivity contribution in [2.75, 3.05) is 11.5 Å². The largest absolute Gasteiger partial charge is 0.398 e. The number of hydrogen-bond acceptors (Lipinski definition) is 2. The molecule has 0 bridgehead atoms. The molecule has 0 saturated heterocycles. The second kappa shape index (κ2) is 7.52. The summed E-state index contributed by atoms with van der Waals surface area (Å²) in [6.45, 7) is 4.27. The van der Waals surface area contributed by atoms with Crippen molar-refractivity contribution >= 4 is 16.5 Å². The summed E-state index contributed by atoms with van der Waals surface area (Å²) in [4.78, 5) is 0.561. The monoisotopic (exact) mass is 271 g/mol. The van der Waals surface area contributed by atoms with Gasteiger partial charge in [0.15, 0.2) is 0 Å². The fourth-order valence-corrected chi connectivity index (χ4v) is 3.48. The number of anilines is 1. The summed E-state index contributed by atoms with van der Waals surface area (Å²) in [7, 11) is -1.13. The molecule has 0 spiro atoms. The number of nitrogens with two attached hydrogens (primary N) is 1. The first-order valence-corrected chi connectivity index (χ1v) is 7.83. The summed E-state index contributed by atoms with van der Waals surface area (Å²) in [5, 5.41) is 0. The Hall–Kier alpha value is -0.900. The molecule has 0 radical (unpaired) electrons. The average Bonchev–Trinajstić information content (AvgIpc) is 2.34. The lowest BCUT2D eigenvalue weighted by Gasteiger charge is -2.14. The number of halogens is 1. The van der Waals surface area contributed by atoms with Gasteiger partial charge in [0.25, 0.3) is 0 Å². The van der Waals surface area contributed by atoms with E-state index in [1.165, 1.54) is 18.2 Å². The van der Waals surface area contributed by atoms with Crippen LogP contribution in [0.5, 0.6) is 0 Å². The summed E-state index contributed by atoms with van der Waals surface area (Å²) in [5.41, 5.74) is 6.00. The normalized spacial score (nSPS) is 14.4. The number of nitrogen functional groups attached to an aromatic ring is 1. The second-order valence-electron chi connectivity index (χ2n) is 4.61. The minimum atomic E-state index is -1.13. The van der Waals surface area contributed by atoms with Crippen molar-refractivity contribution in [3.63, 3.8) is 0 Å². The van der Waals surface area contributed by atoms with Gasteiger partial charge in [-0.25, -0.2) is 4.39 Å². The summed E-state index contributed by atoms with van der Waals surface area (Å²) in [6, 6.07) is 4.09. The molecule has 2 unspecified atom stereocenters. The van der Waals surface area contributed by atoms with E-state index >= 15 is 0 Å². The van der Waals surface area contributed by atoms with Crippen LogP contribution in [0.4, 0.5) is 10.1 Å². The van der Waals surface area contributed by atoms with Crippen LogP contribution in [-0.2, 0) is 10.8 Å². The topological polar surface area (TPSA) is 43.1 Å². The summed E-state index contributed by atoms with van der Waals surface area (Å²) in [6.07, 6.45) is 4.43. The Morgan fingerprint density at radius 3 is 2.67 bits per heavy atom. The highest BCUT2D eigenvalue weighted by Crippen LogP contribution is 2.22. The molecule has 2 nitrogen and oxygen atoms in total. The van der Waals surface area contributed by atoms with Gasteiger partial charge in [-0.2, -0.15) is 0 Å². The van der Waals surface area contributed by atoms with Crippen LogP contribution in [0.25, 0.3) is 0 Å². The molecular formula is C14H22FNOS. The molecule has 18 heavy (non-hydrogen) atoms. The molecule has 0 fully saturated rings. The van der Waals surface area contributed by atoms with Gasteiger partial charge in [0, 0.05) is 5.75 Å². The summed E-state index contributed by atoms with van der Waals surface area (Å²) < 4.78 is 25.1. The third-order valence-electron chi connectivity index (χ3n) is 3.15. The van der Waals surface area contributed by atoms with E-state index in [9.17, 15) is 8.60 Å². The van der Waals surface area contributed by atoms with Crippen LogP contribution in [0.1, 0.15) is 39.5 Å². The maximum atomic E-state index is 12.9. The summed E-state index contributed by atoms with van der Waals surface area (Å²) >= 11 is 0. The Labute approximate surface area is 111 Å². The fourth-order valence-electron chi connectivity index (χ4n) is 1.93. The first kappa shape index (κ1) is 15.2. The quantitative estimate of drug-likeness (QED) is 0.768. The zero-order valence-electron chi connectivity index (χ0n) is 11.1. The fraction of sp³-hybridized carbons (Fsp3) is 0.571. The van der Waals surface area contributed by atoms with E-state index in [2.05, 4.69) is 13.8 Å². The van der Waals surface area contributed by atoms with Crippen molar-refractivity contribution < 1.29 is 8.60 Å². The molecule has 2 N–H and O–H groups in total. The van der Waals surface area contributed by atoms with Gasteiger partial charge in [0.05, 0.1) is 21.4 Å². The Balaban J connectivity index is 2.68. The minimum absolute atomic E-state index is 0.290. The Bertz CT molecular complexity index is 409. The molecule has 0 aromatic heterocycles. The zero-order chi connectivity index (χ0) is 13.5. The molecule has 0 saturated carbocycles. The van der Waals surface area contributed by atoms with E-state index in [0.29, 0.717) is 22.3 Å². The molecular weight excluding hydrogens is 249 g/mol. The van der Waals surface area contributed by atoms with Crippen molar-refractivity contribution in [3.8, 4) is 0 Å². The second-order valence-corrected chi connectivity index (χ2v) is 6.08. The molecule has 1 rings (SSSR count). The Morgan fingerprint density at radius 1 is 1.39 bits per heavy atom. The maximum absolute atomic E-state index is 12.9.